The summed E-state index contributed by atoms with van der Waals surface area (Å²) >= 11 is 0. The molecule has 10 aromatic carbocycles. The maximum absolute atomic E-state index is 2.49. The minimum atomic E-state index is -0.130. The van der Waals surface area contributed by atoms with Crippen LogP contribution in [-0.2, 0) is 5.41 Å². The molecule has 68 heavy (non-hydrogen) atoms. The quantitative estimate of drug-likeness (QED) is 0.141. The summed E-state index contributed by atoms with van der Waals surface area (Å²) in [4.78, 5) is 7.20. The predicted octanol–water partition coefficient (Wildman–Crippen LogP) is 14.7. The number of para-hydroxylation sites is 5. The highest BCUT2D eigenvalue weighted by molar-refractivity contribution is 6.99. The number of fused-ring (bicyclic) bond motifs is 7. The van der Waals surface area contributed by atoms with Gasteiger partial charge >= 0.3 is 0 Å². The van der Waals surface area contributed by atoms with E-state index >= 15 is 0 Å². The summed E-state index contributed by atoms with van der Waals surface area (Å²) in [6.45, 7) is 4.94. The molecule has 0 amide bonds. The molecule has 0 saturated carbocycles. The maximum Gasteiger partial charge on any atom is 0.247 e. The van der Waals surface area contributed by atoms with E-state index in [1.807, 2.05) is 0 Å². The van der Waals surface area contributed by atoms with Crippen LogP contribution in [0.15, 0.2) is 249 Å². The molecule has 322 valence electrons. The van der Waals surface area contributed by atoms with Crippen molar-refractivity contribution in [1.29, 1.82) is 0 Å². The van der Waals surface area contributed by atoms with Crippen molar-refractivity contribution >= 4 is 96.1 Å². The second-order valence-corrected chi connectivity index (χ2v) is 18.5. The van der Waals surface area contributed by atoms with Crippen molar-refractivity contribution in [2.45, 2.75) is 19.3 Å². The lowest BCUT2D eigenvalue weighted by Crippen LogP contribution is -2.64. The van der Waals surface area contributed by atoms with Gasteiger partial charge in [-0.3, -0.25) is 0 Å². The average Bonchev–Trinajstić information content (AvgIpc) is 3.72. The van der Waals surface area contributed by atoms with Gasteiger partial charge in [-0.1, -0.05) is 147 Å². The third kappa shape index (κ3) is 6.23. The van der Waals surface area contributed by atoms with Crippen molar-refractivity contribution in [3.8, 4) is 5.69 Å². The Morgan fingerprint density at radius 2 is 0.779 bits per heavy atom. The van der Waals surface area contributed by atoms with Crippen LogP contribution in [0.4, 0.5) is 51.2 Å². The van der Waals surface area contributed by atoms with Gasteiger partial charge in [-0.15, -0.1) is 0 Å². The van der Waals surface area contributed by atoms with E-state index in [2.05, 4.69) is 282 Å². The van der Waals surface area contributed by atoms with Gasteiger partial charge in [0.05, 0.1) is 11.0 Å². The summed E-state index contributed by atoms with van der Waals surface area (Å²) in [7, 11) is 0. The molecule has 3 heterocycles. The Kier molecular flexibility index (Phi) is 9.26. The molecule has 2 aliphatic heterocycles. The first-order valence-electron chi connectivity index (χ1n) is 23.6. The van der Waals surface area contributed by atoms with E-state index in [9.17, 15) is 0 Å². The second-order valence-electron chi connectivity index (χ2n) is 18.5. The van der Waals surface area contributed by atoms with Crippen LogP contribution in [0.1, 0.15) is 25.0 Å². The normalized spacial score (nSPS) is 13.2. The Morgan fingerprint density at radius 3 is 1.31 bits per heavy atom. The SMILES string of the molecule is CC1(C)c2ccccc2B2c3ccccc3N(c3ccc(-n4c5ccc(N(c6ccccc6)c6ccccc6)cc5c5cc(N(c6ccccc6)c6ccccc6)ccc54)cc3)c3cccc1c32. The zero-order valence-electron chi connectivity index (χ0n) is 38.0. The number of anilines is 9. The second kappa shape index (κ2) is 15.8. The minimum absolute atomic E-state index is 0.130. The van der Waals surface area contributed by atoms with Gasteiger partial charge < -0.3 is 19.3 Å². The summed E-state index contributed by atoms with van der Waals surface area (Å²) < 4.78 is 2.44. The van der Waals surface area contributed by atoms with Crippen molar-refractivity contribution in [1.82, 2.24) is 4.57 Å². The highest BCUT2D eigenvalue weighted by Gasteiger charge is 2.45. The first-order valence-corrected chi connectivity index (χ1v) is 23.6. The van der Waals surface area contributed by atoms with Crippen LogP contribution < -0.4 is 31.1 Å². The van der Waals surface area contributed by atoms with Gasteiger partial charge in [-0.2, -0.15) is 0 Å². The predicted molar refractivity (Wildman–Crippen MR) is 288 cm³/mol. The molecule has 5 heteroatoms. The highest BCUT2D eigenvalue weighted by atomic mass is 15.2. The fraction of sp³-hybridized carbons (Fsp3) is 0.0476. The zero-order valence-corrected chi connectivity index (χ0v) is 38.0. The number of nitrogens with zero attached hydrogens (tertiary/aromatic N) is 4. The fourth-order valence-electron chi connectivity index (χ4n) is 11.4. The molecule has 11 aromatic rings. The Hall–Kier alpha value is -8.54. The van der Waals surface area contributed by atoms with Gasteiger partial charge in [-0.25, -0.2) is 0 Å². The molecule has 0 fully saturated rings. The Balaban J connectivity index is 0.992. The molecule has 0 unspecified atom stereocenters. The van der Waals surface area contributed by atoms with Gasteiger partial charge in [0.15, 0.2) is 0 Å². The van der Waals surface area contributed by atoms with Crippen LogP contribution in [0, 0.1) is 0 Å². The summed E-state index contributed by atoms with van der Waals surface area (Å²) in [5, 5.41) is 2.35. The lowest BCUT2D eigenvalue weighted by atomic mass is 9.30. The third-order valence-electron chi connectivity index (χ3n) is 14.4. The lowest BCUT2D eigenvalue weighted by Gasteiger charge is -2.45. The van der Waals surface area contributed by atoms with E-state index in [1.165, 1.54) is 49.7 Å². The molecule has 2 aliphatic rings. The summed E-state index contributed by atoms with van der Waals surface area (Å²) in [6.07, 6.45) is 0. The molecule has 0 radical (unpaired) electrons. The standard InChI is InChI=1S/C63H47BN4/c1-63(2)54-28-15-16-30-56(54)64-57-31-17-18-32-60(57)68(61-33-19-29-55(63)62(61)64)49-36-34-48(35-37-49)67-58-40-38-50(65(44-20-7-3-8-21-44)45-22-9-4-10-23-45)42-52(58)53-43-51(39-41-59(53)67)66(46-24-11-5-12-25-46)47-26-13-6-14-27-47/h3-43H,1-2H3. The van der Waals surface area contributed by atoms with E-state index in [1.54, 1.807) is 0 Å². The smallest absolute Gasteiger partial charge is 0.247 e. The molecular formula is C63H47BN4. The van der Waals surface area contributed by atoms with E-state index < -0.39 is 0 Å². The lowest BCUT2D eigenvalue weighted by molar-refractivity contribution is 0.646. The van der Waals surface area contributed by atoms with Gasteiger partial charge in [-0.05, 0) is 143 Å². The number of hydrogen-bond acceptors (Lipinski definition) is 3. The zero-order chi connectivity index (χ0) is 45.3. The molecular weight excluding hydrogens is 824 g/mol. The molecule has 13 rings (SSSR count). The summed E-state index contributed by atoms with van der Waals surface area (Å²) in [5.74, 6) is 0. The minimum Gasteiger partial charge on any atom is -0.312 e. The molecule has 0 saturated heterocycles. The van der Waals surface area contributed by atoms with E-state index in [4.69, 9.17) is 0 Å². The monoisotopic (exact) mass is 870 g/mol. The maximum atomic E-state index is 2.49. The van der Waals surface area contributed by atoms with Crippen LogP contribution in [-0.4, -0.2) is 11.3 Å². The fourth-order valence-corrected chi connectivity index (χ4v) is 11.4. The first-order chi connectivity index (χ1) is 33.5. The molecule has 0 N–H and O–H groups in total. The number of hydrogen-bond donors (Lipinski definition) is 0. The van der Waals surface area contributed by atoms with Crippen LogP contribution in [0.3, 0.4) is 0 Å². The first kappa shape index (κ1) is 39.8. The van der Waals surface area contributed by atoms with E-state index in [0.717, 1.165) is 56.5 Å². The summed E-state index contributed by atoms with van der Waals surface area (Å²) in [5.41, 5.74) is 20.5. The molecule has 4 nitrogen and oxygen atoms in total. The Labute approximate surface area is 398 Å². The number of rotatable bonds is 8. The van der Waals surface area contributed by atoms with Crippen molar-refractivity contribution in [3.05, 3.63) is 260 Å². The van der Waals surface area contributed by atoms with Crippen molar-refractivity contribution in [3.63, 3.8) is 0 Å². The number of benzene rings is 10. The van der Waals surface area contributed by atoms with Gasteiger partial charge in [0.2, 0.25) is 6.71 Å². The average molecular weight is 871 g/mol. The molecule has 0 spiro atoms. The molecule has 0 aliphatic carbocycles. The van der Waals surface area contributed by atoms with Gasteiger partial charge in [0.1, 0.15) is 0 Å². The van der Waals surface area contributed by atoms with Gasteiger partial charge in [0, 0.05) is 73.1 Å². The molecule has 0 bridgehead atoms. The van der Waals surface area contributed by atoms with E-state index in [0.29, 0.717) is 0 Å². The van der Waals surface area contributed by atoms with E-state index in [-0.39, 0.29) is 12.1 Å². The molecule has 1 aromatic heterocycles. The highest BCUT2D eigenvalue weighted by Crippen LogP contribution is 2.45. The van der Waals surface area contributed by atoms with Gasteiger partial charge in [0.25, 0.3) is 0 Å². The van der Waals surface area contributed by atoms with Crippen molar-refractivity contribution in [2.24, 2.45) is 0 Å². The number of aromatic nitrogens is 1. The van der Waals surface area contributed by atoms with Crippen molar-refractivity contribution in [2.75, 3.05) is 14.7 Å². The van der Waals surface area contributed by atoms with Crippen LogP contribution >= 0.6 is 0 Å². The van der Waals surface area contributed by atoms with Crippen molar-refractivity contribution < 1.29 is 0 Å². The topological polar surface area (TPSA) is 14.7 Å². The largest absolute Gasteiger partial charge is 0.312 e. The van der Waals surface area contributed by atoms with Crippen LogP contribution in [0.25, 0.3) is 27.5 Å². The molecule has 0 atom stereocenters. The third-order valence-corrected chi connectivity index (χ3v) is 14.4. The van der Waals surface area contributed by atoms with Crippen LogP contribution in [0.2, 0.25) is 0 Å². The summed E-state index contributed by atoms with van der Waals surface area (Å²) in [6, 6.07) is 90.9. The van der Waals surface area contributed by atoms with Crippen LogP contribution in [0.5, 0.6) is 0 Å². The Bertz CT molecular complexity index is 3440. The Morgan fingerprint density at radius 1 is 0.353 bits per heavy atom.